The van der Waals surface area contributed by atoms with E-state index in [0.717, 1.165) is 47.9 Å². The summed E-state index contributed by atoms with van der Waals surface area (Å²) in [5, 5.41) is 11.6. The Kier molecular flexibility index (Phi) is 13.0. The lowest BCUT2D eigenvalue weighted by atomic mass is 9.50. The third kappa shape index (κ3) is 7.59. The highest BCUT2D eigenvalue weighted by Crippen LogP contribution is 2.56. The Labute approximate surface area is 265 Å². The highest BCUT2D eigenvalue weighted by atomic mass is 16.4. The van der Waals surface area contributed by atoms with Gasteiger partial charge >= 0.3 is 5.97 Å². The molecule has 0 saturated heterocycles. The standard InChI is InChI=1S/C42H50O2/c1-2-3-4-5-6-7-8-9-10-11-12-13-26-35-41(36-27-18-14-19-28-36,37-29-20-15-21-30-37)42(40(43)44,38-31-22-16-23-32-38)39-33-24-17-25-34-39/h9-10,14-25,27-34H,2-8,11-13,26,35H2,1H3,(H,43,44)/b10-9-. The van der Waals surface area contributed by atoms with Crippen LogP contribution in [0.4, 0.5) is 0 Å². The summed E-state index contributed by atoms with van der Waals surface area (Å²) in [5.74, 6) is -0.833. The van der Waals surface area contributed by atoms with Crippen molar-refractivity contribution in [2.75, 3.05) is 0 Å². The molecule has 4 aromatic carbocycles. The van der Waals surface area contributed by atoms with Crippen LogP contribution in [0.25, 0.3) is 0 Å². The zero-order chi connectivity index (χ0) is 30.9. The maximum Gasteiger partial charge on any atom is 0.319 e. The van der Waals surface area contributed by atoms with Gasteiger partial charge in [-0.3, -0.25) is 4.79 Å². The maximum absolute atomic E-state index is 14.1. The van der Waals surface area contributed by atoms with Gasteiger partial charge in [0.1, 0.15) is 5.41 Å². The van der Waals surface area contributed by atoms with Crippen LogP contribution in [-0.2, 0) is 15.6 Å². The summed E-state index contributed by atoms with van der Waals surface area (Å²) in [7, 11) is 0. The molecule has 1 N–H and O–H groups in total. The molecule has 0 aromatic heterocycles. The van der Waals surface area contributed by atoms with Gasteiger partial charge in [0.2, 0.25) is 0 Å². The van der Waals surface area contributed by atoms with Gasteiger partial charge in [0.05, 0.1) is 0 Å². The fourth-order valence-electron chi connectivity index (χ4n) is 7.09. The Morgan fingerprint density at radius 1 is 0.523 bits per heavy atom. The zero-order valence-electron chi connectivity index (χ0n) is 26.5. The number of aliphatic carboxylic acids is 1. The van der Waals surface area contributed by atoms with Crippen LogP contribution in [0.2, 0.25) is 0 Å². The first-order chi connectivity index (χ1) is 21.7. The molecule has 0 heterocycles. The monoisotopic (exact) mass is 586 g/mol. The van der Waals surface area contributed by atoms with E-state index in [0.29, 0.717) is 6.42 Å². The van der Waals surface area contributed by atoms with E-state index in [4.69, 9.17) is 0 Å². The SMILES string of the molecule is CCCCCCCC/C=C\CCCCCC(c1ccccc1)(c1ccccc1)C(C(=O)O)(c1ccccc1)c1ccccc1. The van der Waals surface area contributed by atoms with Crippen LogP contribution in [0.3, 0.4) is 0 Å². The Morgan fingerprint density at radius 2 is 0.886 bits per heavy atom. The largest absolute Gasteiger partial charge is 0.480 e. The van der Waals surface area contributed by atoms with Crippen molar-refractivity contribution in [1.29, 1.82) is 0 Å². The van der Waals surface area contributed by atoms with E-state index in [1.165, 1.54) is 44.9 Å². The van der Waals surface area contributed by atoms with Gasteiger partial charge < -0.3 is 5.11 Å². The first-order valence-corrected chi connectivity index (χ1v) is 16.8. The van der Waals surface area contributed by atoms with E-state index in [9.17, 15) is 9.90 Å². The molecule has 4 aromatic rings. The number of carboxylic acid groups (broad SMARTS) is 1. The lowest BCUT2D eigenvalue weighted by Crippen LogP contribution is -2.56. The second-order valence-electron chi connectivity index (χ2n) is 12.1. The summed E-state index contributed by atoms with van der Waals surface area (Å²) in [6.45, 7) is 2.27. The fraction of sp³-hybridized carbons (Fsp3) is 0.357. The highest BCUT2D eigenvalue weighted by Gasteiger charge is 2.60. The third-order valence-electron chi connectivity index (χ3n) is 9.22. The lowest BCUT2D eigenvalue weighted by Gasteiger charge is -2.50. The van der Waals surface area contributed by atoms with Crippen molar-refractivity contribution in [3.8, 4) is 0 Å². The summed E-state index contributed by atoms with van der Waals surface area (Å²) in [6.07, 6.45) is 18.7. The van der Waals surface area contributed by atoms with Gasteiger partial charge in [0.15, 0.2) is 0 Å². The van der Waals surface area contributed by atoms with Crippen LogP contribution in [0.5, 0.6) is 0 Å². The first kappa shape index (κ1) is 33.0. The molecule has 230 valence electrons. The van der Waals surface area contributed by atoms with Crippen LogP contribution in [-0.4, -0.2) is 11.1 Å². The Balaban J connectivity index is 1.68. The van der Waals surface area contributed by atoms with Crippen LogP contribution in [0.1, 0.15) is 106 Å². The molecule has 0 amide bonds. The number of hydrogen-bond donors (Lipinski definition) is 1. The van der Waals surface area contributed by atoms with Crippen LogP contribution < -0.4 is 0 Å². The molecule has 44 heavy (non-hydrogen) atoms. The van der Waals surface area contributed by atoms with Crippen LogP contribution in [0.15, 0.2) is 133 Å². The van der Waals surface area contributed by atoms with Crippen molar-refractivity contribution in [1.82, 2.24) is 0 Å². The third-order valence-corrected chi connectivity index (χ3v) is 9.22. The number of hydrogen-bond acceptors (Lipinski definition) is 1. The van der Waals surface area contributed by atoms with Gasteiger partial charge in [-0.05, 0) is 54.4 Å². The van der Waals surface area contributed by atoms with E-state index >= 15 is 0 Å². The van der Waals surface area contributed by atoms with Gasteiger partial charge in [-0.1, -0.05) is 185 Å². The molecular weight excluding hydrogens is 536 g/mol. The smallest absolute Gasteiger partial charge is 0.319 e. The molecule has 0 atom stereocenters. The van der Waals surface area contributed by atoms with Gasteiger partial charge in [-0.25, -0.2) is 0 Å². The Hall–Kier alpha value is -3.91. The average molecular weight is 587 g/mol. The van der Waals surface area contributed by atoms with Crippen LogP contribution in [0, 0.1) is 0 Å². The summed E-state index contributed by atoms with van der Waals surface area (Å²) < 4.78 is 0. The van der Waals surface area contributed by atoms with Crippen molar-refractivity contribution in [3.05, 3.63) is 156 Å². The number of benzene rings is 4. The number of carboxylic acids is 1. The van der Waals surface area contributed by atoms with Crippen molar-refractivity contribution in [2.24, 2.45) is 0 Å². The minimum atomic E-state index is -1.35. The minimum absolute atomic E-state index is 0.707. The molecule has 0 bridgehead atoms. The van der Waals surface area contributed by atoms with Crippen molar-refractivity contribution in [2.45, 2.75) is 94.8 Å². The molecule has 0 spiro atoms. The predicted octanol–water partition coefficient (Wildman–Crippen LogP) is 11.3. The molecule has 0 saturated carbocycles. The molecule has 0 aliphatic carbocycles. The second kappa shape index (κ2) is 17.4. The highest BCUT2D eigenvalue weighted by molar-refractivity contribution is 5.90. The summed E-state index contributed by atoms with van der Waals surface area (Å²) in [6, 6.07) is 40.5. The molecule has 0 aliphatic rings. The zero-order valence-corrected chi connectivity index (χ0v) is 26.5. The van der Waals surface area contributed by atoms with E-state index < -0.39 is 16.8 Å². The molecule has 0 radical (unpaired) electrons. The van der Waals surface area contributed by atoms with Gasteiger partial charge in [0.25, 0.3) is 0 Å². The van der Waals surface area contributed by atoms with Crippen LogP contribution >= 0.6 is 0 Å². The Morgan fingerprint density at radius 3 is 1.30 bits per heavy atom. The molecular formula is C42H50O2. The van der Waals surface area contributed by atoms with Crippen molar-refractivity contribution < 1.29 is 9.90 Å². The molecule has 4 rings (SSSR count). The van der Waals surface area contributed by atoms with E-state index in [2.05, 4.69) is 43.3 Å². The summed E-state index contributed by atoms with van der Waals surface area (Å²) >= 11 is 0. The first-order valence-electron chi connectivity index (χ1n) is 16.8. The van der Waals surface area contributed by atoms with Gasteiger partial charge in [0, 0.05) is 5.41 Å². The van der Waals surface area contributed by atoms with Crippen molar-refractivity contribution in [3.63, 3.8) is 0 Å². The maximum atomic E-state index is 14.1. The second-order valence-corrected chi connectivity index (χ2v) is 12.1. The number of unbranched alkanes of at least 4 members (excludes halogenated alkanes) is 9. The van der Waals surface area contributed by atoms with Gasteiger partial charge in [-0.15, -0.1) is 0 Å². The lowest BCUT2D eigenvalue weighted by molar-refractivity contribution is -0.144. The molecule has 2 heteroatoms. The average Bonchev–Trinajstić information content (AvgIpc) is 3.08. The number of carbonyl (C=O) groups is 1. The molecule has 2 nitrogen and oxygen atoms in total. The number of allylic oxidation sites excluding steroid dienone is 2. The predicted molar refractivity (Wildman–Crippen MR) is 185 cm³/mol. The van der Waals surface area contributed by atoms with E-state index in [1.54, 1.807) is 0 Å². The normalized spacial score (nSPS) is 12.0. The minimum Gasteiger partial charge on any atom is -0.480 e. The molecule has 0 unspecified atom stereocenters. The summed E-state index contributed by atoms with van der Waals surface area (Å²) in [4.78, 5) is 14.1. The van der Waals surface area contributed by atoms with E-state index in [-0.39, 0.29) is 0 Å². The van der Waals surface area contributed by atoms with Gasteiger partial charge in [-0.2, -0.15) is 0 Å². The number of rotatable bonds is 19. The molecule has 0 aliphatic heterocycles. The quantitative estimate of drug-likeness (QED) is 0.0876. The Bertz CT molecular complexity index is 1300. The topological polar surface area (TPSA) is 37.3 Å². The van der Waals surface area contributed by atoms with Crippen molar-refractivity contribution >= 4 is 5.97 Å². The fourth-order valence-corrected chi connectivity index (χ4v) is 7.09. The summed E-state index contributed by atoms with van der Waals surface area (Å²) in [5.41, 5.74) is 1.45. The van der Waals surface area contributed by atoms with E-state index in [1.807, 2.05) is 97.1 Å². The molecule has 0 fully saturated rings.